The van der Waals surface area contributed by atoms with Gasteiger partial charge in [-0.05, 0) is 49.6 Å². The summed E-state index contributed by atoms with van der Waals surface area (Å²) < 4.78 is 27.5. The molecule has 2 aromatic carbocycles. The van der Waals surface area contributed by atoms with Gasteiger partial charge in [-0.25, -0.2) is 23.7 Å². The third-order valence-electron chi connectivity index (χ3n) is 7.78. The molecular weight excluding hydrogens is 567 g/mol. The first-order valence-corrected chi connectivity index (χ1v) is 14.8. The van der Waals surface area contributed by atoms with Crippen molar-refractivity contribution in [2.45, 2.75) is 52.4 Å². The number of hydrogen-bond acceptors (Lipinski definition) is 9. The number of piperidine rings is 1. The predicted octanol–water partition coefficient (Wildman–Crippen LogP) is 4.15. The van der Waals surface area contributed by atoms with E-state index in [-0.39, 0.29) is 24.4 Å². The molecule has 4 aromatic rings. The van der Waals surface area contributed by atoms with Crippen molar-refractivity contribution in [3.63, 3.8) is 0 Å². The van der Waals surface area contributed by atoms with Gasteiger partial charge in [-0.3, -0.25) is 9.59 Å². The molecule has 1 atom stereocenters. The average Bonchev–Trinajstić information content (AvgIpc) is 3.39. The van der Waals surface area contributed by atoms with Gasteiger partial charge in [-0.1, -0.05) is 38.1 Å². The van der Waals surface area contributed by atoms with E-state index in [2.05, 4.69) is 14.5 Å². The Balaban J connectivity index is 1.39. The first-order chi connectivity index (χ1) is 21.2. The van der Waals surface area contributed by atoms with Crippen LogP contribution in [0.1, 0.15) is 45.4 Å². The molecule has 1 fully saturated rings. The topological polar surface area (TPSA) is 112 Å². The van der Waals surface area contributed by atoms with Gasteiger partial charge in [0.25, 0.3) is 11.8 Å². The molecule has 12 heteroatoms. The minimum Gasteiger partial charge on any atom is -0.462 e. The quantitative estimate of drug-likeness (QED) is 0.247. The van der Waals surface area contributed by atoms with E-state index in [1.165, 1.54) is 24.4 Å². The van der Waals surface area contributed by atoms with Crippen molar-refractivity contribution in [2.75, 3.05) is 36.5 Å². The summed E-state index contributed by atoms with van der Waals surface area (Å²) in [5.74, 6) is -1.24. The largest absolute Gasteiger partial charge is 0.462 e. The number of anilines is 2. The van der Waals surface area contributed by atoms with Gasteiger partial charge < -0.3 is 23.8 Å². The van der Waals surface area contributed by atoms with Crippen LogP contribution in [0.15, 0.2) is 65.6 Å². The number of aromatic nitrogens is 4. The second-order valence-corrected chi connectivity index (χ2v) is 11.1. The second-order valence-electron chi connectivity index (χ2n) is 11.1. The molecule has 2 aromatic heterocycles. The second kappa shape index (κ2) is 13.3. The molecule has 0 amide bonds. The number of esters is 2. The van der Waals surface area contributed by atoms with E-state index in [0.717, 1.165) is 27.1 Å². The van der Waals surface area contributed by atoms with Crippen LogP contribution in [0, 0.1) is 11.7 Å². The van der Waals surface area contributed by atoms with Gasteiger partial charge in [0.2, 0.25) is 11.9 Å². The van der Waals surface area contributed by atoms with Crippen molar-refractivity contribution in [3.05, 3.63) is 82.5 Å². The average molecular weight is 605 g/mol. The van der Waals surface area contributed by atoms with E-state index in [1.807, 2.05) is 36.2 Å². The Morgan fingerprint density at radius 3 is 2.43 bits per heavy atom. The van der Waals surface area contributed by atoms with Crippen LogP contribution in [0.25, 0.3) is 11.0 Å². The number of rotatable bonds is 10. The zero-order valence-electron chi connectivity index (χ0n) is 25.4. The van der Waals surface area contributed by atoms with Crippen molar-refractivity contribution in [2.24, 2.45) is 5.92 Å². The monoisotopic (exact) mass is 604 g/mol. The summed E-state index contributed by atoms with van der Waals surface area (Å²) in [7, 11) is 1.81. The molecule has 0 bridgehead atoms. The zero-order valence-corrected chi connectivity index (χ0v) is 25.4. The number of fused-ring (bicyclic) bond motifs is 1. The zero-order chi connectivity index (χ0) is 31.4. The van der Waals surface area contributed by atoms with Crippen molar-refractivity contribution < 1.29 is 23.5 Å². The van der Waals surface area contributed by atoms with Crippen LogP contribution >= 0.6 is 0 Å². The summed E-state index contributed by atoms with van der Waals surface area (Å²) in [6, 6.07) is 15.6. The smallest absolute Gasteiger partial charge is 0.369 e. The fourth-order valence-corrected chi connectivity index (χ4v) is 5.41. The van der Waals surface area contributed by atoms with Gasteiger partial charge >= 0.3 is 11.9 Å². The lowest BCUT2D eigenvalue weighted by molar-refractivity contribution is -0.176. The van der Waals surface area contributed by atoms with Gasteiger partial charge in [0.1, 0.15) is 5.82 Å². The highest BCUT2D eigenvalue weighted by Gasteiger charge is 2.34. The Morgan fingerprint density at radius 2 is 1.75 bits per heavy atom. The molecule has 1 aliphatic rings. The Kier molecular flexibility index (Phi) is 9.26. The lowest BCUT2D eigenvalue weighted by Crippen LogP contribution is -2.47. The number of carbonyl (C=O) groups excluding carboxylic acids is 2. The van der Waals surface area contributed by atoms with Crippen molar-refractivity contribution in [1.29, 1.82) is 0 Å². The van der Waals surface area contributed by atoms with Crippen LogP contribution in [0.5, 0.6) is 0 Å². The number of halogens is 1. The predicted molar refractivity (Wildman–Crippen MR) is 164 cm³/mol. The summed E-state index contributed by atoms with van der Waals surface area (Å²) in [6.45, 7) is 6.86. The van der Waals surface area contributed by atoms with E-state index >= 15 is 0 Å². The Bertz CT molecular complexity index is 1680. The van der Waals surface area contributed by atoms with Gasteiger partial charge in [0.05, 0.1) is 30.1 Å². The van der Waals surface area contributed by atoms with Crippen molar-refractivity contribution >= 4 is 34.9 Å². The molecular formula is C32H37FN6O5. The maximum Gasteiger partial charge on any atom is 0.369 e. The van der Waals surface area contributed by atoms with Crippen LogP contribution in [0.4, 0.5) is 16.3 Å². The van der Waals surface area contributed by atoms with Gasteiger partial charge in [0, 0.05) is 38.4 Å². The maximum atomic E-state index is 13.6. The highest BCUT2D eigenvalue weighted by molar-refractivity contribution is 5.80. The highest BCUT2D eigenvalue weighted by atomic mass is 19.1. The number of para-hydroxylation sites is 2. The fraction of sp³-hybridized carbons (Fsp3) is 0.406. The molecule has 0 radical (unpaired) electrons. The molecule has 5 rings (SSSR count). The summed E-state index contributed by atoms with van der Waals surface area (Å²) in [4.78, 5) is 52.0. The minimum absolute atomic E-state index is 0.0367. The number of nitrogens with zero attached hydrogens (tertiary/aromatic N) is 6. The molecule has 3 heterocycles. The molecule has 232 valence electrons. The Hall–Kier alpha value is -4.74. The first-order valence-electron chi connectivity index (χ1n) is 14.8. The van der Waals surface area contributed by atoms with E-state index in [9.17, 15) is 18.8 Å². The van der Waals surface area contributed by atoms with Gasteiger partial charge in [0.15, 0.2) is 0 Å². The number of hydrogen-bond donors (Lipinski definition) is 0. The van der Waals surface area contributed by atoms with E-state index in [0.29, 0.717) is 32.5 Å². The van der Waals surface area contributed by atoms with E-state index < -0.39 is 29.6 Å². The van der Waals surface area contributed by atoms with Crippen LogP contribution in [-0.4, -0.2) is 63.8 Å². The molecule has 0 spiro atoms. The van der Waals surface area contributed by atoms with E-state index in [1.54, 1.807) is 32.9 Å². The first kappa shape index (κ1) is 30.7. The SMILES string of the molecule is CCOC(=O)C(OC(=O)C(C)C)n1c(N(C)C2CCN(c3nc4ccccc4n3Cc3ccc(F)cc3)CC2)nccc1=O. The summed E-state index contributed by atoms with van der Waals surface area (Å²) in [5.41, 5.74) is 2.29. The summed E-state index contributed by atoms with van der Waals surface area (Å²) >= 11 is 0. The molecule has 11 nitrogen and oxygen atoms in total. The molecule has 1 aliphatic heterocycles. The number of benzene rings is 2. The molecule has 0 aliphatic carbocycles. The highest BCUT2D eigenvalue weighted by Crippen LogP contribution is 2.29. The fourth-order valence-electron chi connectivity index (χ4n) is 5.41. The third-order valence-corrected chi connectivity index (χ3v) is 7.78. The molecule has 1 saturated heterocycles. The van der Waals surface area contributed by atoms with Crippen molar-refractivity contribution in [1.82, 2.24) is 19.1 Å². The summed E-state index contributed by atoms with van der Waals surface area (Å²) in [5, 5.41) is 0. The Morgan fingerprint density at radius 1 is 1.05 bits per heavy atom. The Labute approximate surface area is 254 Å². The molecule has 0 N–H and O–H groups in total. The minimum atomic E-state index is -1.60. The maximum absolute atomic E-state index is 13.6. The summed E-state index contributed by atoms with van der Waals surface area (Å²) in [6.07, 6.45) is 1.19. The van der Waals surface area contributed by atoms with E-state index in [4.69, 9.17) is 14.5 Å². The van der Waals surface area contributed by atoms with Gasteiger partial charge in [-0.15, -0.1) is 0 Å². The lowest BCUT2D eigenvalue weighted by atomic mass is 10.0. The van der Waals surface area contributed by atoms with Crippen LogP contribution < -0.4 is 15.4 Å². The lowest BCUT2D eigenvalue weighted by Gasteiger charge is -2.38. The number of ether oxygens (including phenoxy) is 2. The number of imidazole rings is 1. The van der Waals surface area contributed by atoms with Gasteiger partial charge in [-0.2, -0.15) is 0 Å². The molecule has 44 heavy (non-hydrogen) atoms. The molecule has 0 saturated carbocycles. The molecule has 1 unspecified atom stereocenters. The third kappa shape index (κ3) is 6.43. The van der Waals surface area contributed by atoms with Crippen LogP contribution in [0.3, 0.4) is 0 Å². The van der Waals surface area contributed by atoms with Crippen LogP contribution in [-0.2, 0) is 25.6 Å². The van der Waals surface area contributed by atoms with Crippen LogP contribution in [0.2, 0.25) is 0 Å². The number of carbonyl (C=O) groups is 2. The standard InChI is InChI=1S/C32H37FN6O5/c1-5-43-30(42)28(44-29(41)21(2)3)39-27(40)14-17-34-31(39)36(4)24-15-18-37(19-16-24)32-35-25-8-6-7-9-26(25)38(32)20-22-10-12-23(33)13-11-22/h6-14,17,21,24,28H,5,15-16,18-20H2,1-4H3. The van der Waals surface area contributed by atoms with Crippen molar-refractivity contribution in [3.8, 4) is 0 Å². The normalized spacial score (nSPS) is 14.5.